The molecule has 0 bridgehead atoms. The van der Waals surface area contributed by atoms with Gasteiger partial charge in [-0.2, -0.15) is 10.2 Å². The van der Waals surface area contributed by atoms with E-state index in [0.717, 1.165) is 11.0 Å². The maximum atomic E-state index is 13.2. The summed E-state index contributed by atoms with van der Waals surface area (Å²) >= 11 is 0. The van der Waals surface area contributed by atoms with Crippen molar-refractivity contribution < 1.29 is 9.59 Å². The number of carbonyl (C=O) groups excluding carboxylic acids is 2. The minimum atomic E-state index is -1.24. The highest BCUT2D eigenvalue weighted by molar-refractivity contribution is 5.99. The second-order valence-corrected chi connectivity index (χ2v) is 7.63. The van der Waals surface area contributed by atoms with Gasteiger partial charge in [-0.3, -0.25) is 14.4 Å². The lowest BCUT2D eigenvalue weighted by atomic mass is 10.0. The van der Waals surface area contributed by atoms with Crippen LogP contribution in [0.25, 0.3) is 21.8 Å². The van der Waals surface area contributed by atoms with E-state index in [1.165, 1.54) is 6.21 Å². The Balaban J connectivity index is 1.46. The Labute approximate surface area is 198 Å². The van der Waals surface area contributed by atoms with E-state index in [1.807, 2.05) is 24.3 Å². The fourth-order valence-corrected chi connectivity index (χ4v) is 3.67. The summed E-state index contributed by atoms with van der Waals surface area (Å²) in [4.78, 5) is 45.8. The lowest BCUT2D eigenvalue weighted by Crippen LogP contribution is -2.40. The fraction of sp³-hybridized carbons (Fsp3) is 0.0400. The molecule has 3 aromatic carbocycles. The van der Waals surface area contributed by atoms with E-state index in [-0.39, 0.29) is 5.69 Å². The zero-order valence-corrected chi connectivity index (χ0v) is 18.2. The molecular weight excluding hydrogens is 446 g/mol. The number of aromatic amines is 2. The predicted octanol–water partition coefficient (Wildman–Crippen LogP) is 2.42. The average Bonchev–Trinajstić information content (AvgIpc) is 3.31. The molecule has 0 aliphatic rings. The normalized spacial score (nSPS) is 12.1. The van der Waals surface area contributed by atoms with Gasteiger partial charge in [-0.25, -0.2) is 15.5 Å². The number of hydrazone groups is 1. The van der Waals surface area contributed by atoms with Crippen molar-refractivity contribution in [2.75, 3.05) is 0 Å². The lowest BCUT2D eigenvalue weighted by Gasteiger charge is -2.18. The van der Waals surface area contributed by atoms with E-state index in [2.05, 4.69) is 36.0 Å². The number of hydrogen-bond acceptors (Lipinski definition) is 6. The Morgan fingerprint density at radius 2 is 1.63 bits per heavy atom. The van der Waals surface area contributed by atoms with E-state index in [1.54, 1.807) is 54.6 Å². The molecule has 10 heteroatoms. The summed E-state index contributed by atoms with van der Waals surface area (Å²) in [5.74, 6) is -0.681. The Bertz CT molecular complexity index is 1590. The highest BCUT2D eigenvalue weighted by Crippen LogP contribution is 2.20. The van der Waals surface area contributed by atoms with Crippen molar-refractivity contribution in [1.29, 1.82) is 0 Å². The molecule has 5 rings (SSSR count). The third kappa shape index (κ3) is 4.53. The molecule has 0 saturated heterocycles. The van der Waals surface area contributed by atoms with Gasteiger partial charge in [0, 0.05) is 10.9 Å². The highest BCUT2D eigenvalue weighted by atomic mass is 16.2. The third-order valence-electron chi connectivity index (χ3n) is 5.34. The quantitative estimate of drug-likeness (QED) is 0.225. The second kappa shape index (κ2) is 9.40. The molecule has 2 amide bonds. The molecule has 1 atom stereocenters. The molecule has 0 radical (unpaired) electrons. The molecule has 0 aliphatic heterocycles. The van der Waals surface area contributed by atoms with Gasteiger partial charge in [0.25, 0.3) is 17.4 Å². The van der Waals surface area contributed by atoms with Crippen molar-refractivity contribution in [2.24, 2.45) is 5.10 Å². The molecule has 35 heavy (non-hydrogen) atoms. The molecule has 0 spiro atoms. The van der Waals surface area contributed by atoms with Crippen molar-refractivity contribution in [1.82, 2.24) is 30.9 Å². The minimum Gasteiger partial charge on any atom is -0.337 e. The van der Waals surface area contributed by atoms with Crippen LogP contribution in [0, 0.1) is 0 Å². The number of amides is 2. The van der Waals surface area contributed by atoms with Crippen LogP contribution in [0.1, 0.15) is 27.9 Å². The number of fused-ring (bicyclic) bond motifs is 2. The zero-order valence-electron chi connectivity index (χ0n) is 18.2. The number of hydrogen-bond donors (Lipinski definition) is 4. The molecule has 0 aliphatic carbocycles. The van der Waals surface area contributed by atoms with Crippen LogP contribution in [0.3, 0.4) is 0 Å². The van der Waals surface area contributed by atoms with Crippen molar-refractivity contribution in [2.45, 2.75) is 6.04 Å². The van der Waals surface area contributed by atoms with Gasteiger partial charge in [-0.15, -0.1) is 0 Å². The number of carbonyl (C=O) groups is 2. The van der Waals surface area contributed by atoms with Crippen molar-refractivity contribution in [3.63, 3.8) is 0 Å². The van der Waals surface area contributed by atoms with Gasteiger partial charge in [0.2, 0.25) is 0 Å². The van der Waals surface area contributed by atoms with Crippen LogP contribution in [-0.4, -0.2) is 38.2 Å². The molecule has 0 fully saturated rings. The first-order valence-electron chi connectivity index (χ1n) is 10.7. The smallest absolute Gasteiger partial charge is 0.272 e. The highest BCUT2D eigenvalue weighted by Gasteiger charge is 2.27. The Morgan fingerprint density at radius 1 is 0.914 bits per heavy atom. The summed E-state index contributed by atoms with van der Waals surface area (Å²) in [5, 5.41) is 14.0. The summed E-state index contributed by atoms with van der Waals surface area (Å²) in [6.45, 7) is 0. The number of nitrogens with one attached hydrogen (secondary N) is 4. The summed E-state index contributed by atoms with van der Waals surface area (Å²) in [6.07, 6.45) is 1.37. The number of benzene rings is 3. The molecule has 4 N–H and O–H groups in total. The number of imidazole rings is 1. The van der Waals surface area contributed by atoms with Gasteiger partial charge < -0.3 is 10.3 Å². The van der Waals surface area contributed by atoms with E-state index < -0.39 is 23.4 Å². The SMILES string of the molecule is O=C(NC(C(=O)N/N=C\c1nc2ccccc2[nH]1)c1n[nH]c(=O)c2ccccc12)c1ccccc1. The summed E-state index contributed by atoms with van der Waals surface area (Å²) in [5.41, 5.74) is 4.17. The summed E-state index contributed by atoms with van der Waals surface area (Å²) in [6, 6.07) is 21.4. The summed E-state index contributed by atoms with van der Waals surface area (Å²) in [7, 11) is 0. The van der Waals surface area contributed by atoms with Gasteiger partial charge in [-0.1, -0.05) is 48.5 Å². The van der Waals surface area contributed by atoms with Gasteiger partial charge in [-0.05, 0) is 30.3 Å². The monoisotopic (exact) mass is 465 g/mol. The first-order valence-corrected chi connectivity index (χ1v) is 10.7. The maximum Gasteiger partial charge on any atom is 0.272 e. The van der Waals surface area contributed by atoms with E-state index in [4.69, 9.17) is 0 Å². The van der Waals surface area contributed by atoms with Crippen LogP contribution in [0.4, 0.5) is 0 Å². The largest absolute Gasteiger partial charge is 0.337 e. The van der Waals surface area contributed by atoms with Crippen LogP contribution in [0.5, 0.6) is 0 Å². The summed E-state index contributed by atoms with van der Waals surface area (Å²) < 4.78 is 0. The minimum absolute atomic E-state index is 0.181. The average molecular weight is 465 g/mol. The van der Waals surface area contributed by atoms with Crippen LogP contribution in [0.15, 0.2) is 88.8 Å². The molecule has 2 aromatic heterocycles. The number of aromatic nitrogens is 4. The topological polar surface area (TPSA) is 145 Å². The Kier molecular flexibility index (Phi) is 5.83. The van der Waals surface area contributed by atoms with Crippen molar-refractivity contribution in [3.8, 4) is 0 Å². The Morgan fingerprint density at radius 3 is 2.43 bits per heavy atom. The predicted molar refractivity (Wildman–Crippen MR) is 131 cm³/mol. The van der Waals surface area contributed by atoms with Gasteiger partial charge in [0.15, 0.2) is 11.9 Å². The molecular formula is C25H19N7O3. The van der Waals surface area contributed by atoms with Gasteiger partial charge >= 0.3 is 0 Å². The molecule has 0 saturated carbocycles. The first kappa shape index (κ1) is 21.7. The molecule has 172 valence electrons. The van der Waals surface area contributed by atoms with Crippen LogP contribution >= 0.6 is 0 Å². The Hall–Kier alpha value is -5.12. The maximum absolute atomic E-state index is 13.2. The lowest BCUT2D eigenvalue weighted by molar-refractivity contribution is -0.123. The molecule has 5 aromatic rings. The number of para-hydroxylation sites is 2. The van der Waals surface area contributed by atoms with Gasteiger partial charge in [0.1, 0.15) is 5.69 Å². The first-order chi connectivity index (χ1) is 17.1. The number of rotatable bonds is 6. The van der Waals surface area contributed by atoms with E-state index in [0.29, 0.717) is 22.2 Å². The molecule has 10 nitrogen and oxygen atoms in total. The number of H-pyrrole nitrogens is 2. The third-order valence-corrected chi connectivity index (χ3v) is 5.34. The van der Waals surface area contributed by atoms with E-state index in [9.17, 15) is 14.4 Å². The van der Waals surface area contributed by atoms with Crippen LogP contribution in [0.2, 0.25) is 0 Å². The van der Waals surface area contributed by atoms with E-state index >= 15 is 0 Å². The molecule has 1 unspecified atom stereocenters. The van der Waals surface area contributed by atoms with Crippen molar-refractivity contribution >= 4 is 39.8 Å². The second-order valence-electron chi connectivity index (χ2n) is 7.63. The zero-order chi connectivity index (χ0) is 24.2. The molecule has 2 heterocycles. The number of nitrogens with zero attached hydrogens (tertiary/aromatic N) is 3. The van der Waals surface area contributed by atoms with Crippen LogP contribution in [-0.2, 0) is 4.79 Å². The fourth-order valence-electron chi connectivity index (χ4n) is 3.67. The van der Waals surface area contributed by atoms with Gasteiger partial charge in [0.05, 0.1) is 22.6 Å². The van der Waals surface area contributed by atoms with Crippen molar-refractivity contribution in [3.05, 3.63) is 106 Å². The van der Waals surface area contributed by atoms with Crippen LogP contribution < -0.4 is 16.3 Å². The standard InChI is InChI=1S/C25H19N7O3/c33-23(15-8-2-1-3-9-15)29-22(21-16-10-4-5-11-17(16)24(34)32-30-21)25(35)31-26-14-20-27-18-12-6-7-13-19(18)28-20/h1-14,22H,(H,27,28)(H,29,33)(H,31,35)(H,32,34)/b26-14-.